The molecule has 0 radical (unpaired) electrons. The van der Waals surface area contributed by atoms with Crippen LogP contribution in [0, 0.1) is 13.8 Å². The predicted molar refractivity (Wildman–Crippen MR) is 131 cm³/mol. The van der Waals surface area contributed by atoms with Crippen LogP contribution in [0.4, 0.5) is 23.1 Å². The molecule has 0 spiro atoms. The van der Waals surface area contributed by atoms with E-state index in [0.717, 1.165) is 61.6 Å². The summed E-state index contributed by atoms with van der Waals surface area (Å²) in [4.78, 5) is 9.03. The van der Waals surface area contributed by atoms with Crippen molar-refractivity contribution in [3.8, 4) is 5.75 Å². The topological polar surface area (TPSA) is 88.9 Å². The van der Waals surface area contributed by atoms with Crippen molar-refractivity contribution in [1.29, 1.82) is 0 Å². The van der Waals surface area contributed by atoms with E-state index in [2.05, 4.69) is 50.1 Å². The van der Waals surface area contributed by atoms with Crippen LogP contribution in [-0.2, 0) is 7.05 Å². The number of nitrogens with zero attached hydrogens (tertiary/aromatic N) is 4. The molecule has 33 heavy (non-hydrogen) atoms. The van der Waals surface area contributed by atoms with Crippen molar-refractivity contribution >= 4 is 34.7 Å². The van der Waals surface area contributed by atoms with Gasteiger partial charge in [-0.05, 0) is 81.8 Å². The lowest BCUT2D eigenvalue weighted by Gasteiger charge is -2.26. The summed E-state index contributed by atoms with van der Waals surface area (Å²) >= 11 is 6.38. The molecular weight excluding hydrogens is 438 g/mol. The highest BCUT2D eigenvalue weighted by molar-refractivity contribution is 6.32. The van der Waals surface area contributed by atoms with Gasteiger partial charge >= 0.3 is 0 Å². The minimum absolute atomic E-state index is 0.297. The first kappa shape index (κ1) is 22.0. The third-order valence-corrected chi connectivity index (χ3v) is 6.50. The van der Waals surface area contributed by atoms with Crippen LogP contribution in [0.5, 0.6) is 5.75 Å². The molecule has 174 valence electrons. The first-order valence-corrected chi connectivity index (χ1v) is 11.9. The van der Waals surface area contributed by atoms with Gasteiger partial charge in [0.15, 0.2) is 5.82 Å². The molecule has 9 heteroatoms. The largest absolute Gasteiger partial charge is 0.488 e. The summed E-state index contributed by atoms with van der Waals surface area (Å²) in [6.45, 7) is 6.23. The Morgan fingerprint density at radius 3 is 2.58 bits per heavy atom. The minimum atomic E-state index is 0.297. The van der Waals surface area contributed by atoms with Crippen LogP contribution >= 0.6 is 11.6 Å². The second kappa shape index (κ2) is 9.19. The third kappa shape index (κ3) is 5.07. The smallest absolute Gasteiger partial charge is 0.229 e. The SMILES string of the molecule is Cc1cc(Nc2ncc(Cl)c(Nc3cn(C)nc3C)n2)c(OC2CC2)cc1C1CCNCC1. The molecule has 3 N–H and O–H groups in total. The number of rotatable bonds is 7. The Bertz CT molecular complexity index is 1150. The molecule has 5 rings (SSSR count). The maximum absolute atomic E-state index is 6.38. The number of aryl methyl sites for hydroxylation is 3. The summed E-state index contributed by atoms with van der Waals surface area (Å²) in [6.07, 6.45) is 8.30. The van der Waals surface area contributed by atoms with E-state index in [1.54, 1.807) is 10.9 Å². The molecule has 2 aliphatic rings. The molecule has 1 saturated carbocycles. The van der Waals surface area contributed by atoms with Crippen LogP contribution in [0.2, 0.25) is 5.02 Å². The van der Waals surface area contributed by atoms with Crippen molar-refractivity contribution in [2.24, 2.45) is 7.05 Å². The number of hydrogen-bond acceptors (Lipinski definition) is 7. The van der Waals surface area contributed by atoms with Gasteiger partial charge in [0.2, 0.25) is 5.95 Å². The molecule has 3 heterocycles. The van der Waals surface area contributed by atoms with Gasteiger partial charge in [0.25, 0.3) is 0 Å². The van der Waals surface area contributed by atoms with Crippen LogP contribution in [0.3, 0.4) is 0 Å². The quantitative estimate of drug-likeness (QED) is 0.451. The molecular formula is C24H30ClN7O. The van der Waals surface area contributed by atoms with E-state index in [0.29, 0.717) is 28.8 Å². The number of ether oxygens (including phenoxy) is 1. The second-order valence-corrected chi connectivity index (χ2v) is 9.40. The van der Waals surface area contributed by atoms with Crippen LogP contribution in [0.1, 0.15) is 48.4 Å². The molecule has 8 nitrogen and oxygen atoms in total. The fourth-order valence-electron chi connectivity index (χ4n) is 4.32. The average Bonchev–Trinajstić information content (AvgIpc) is 3.56. The normalized spacial score (nSPS) is 16.6. The van der Waals surface area contributed by atoms with E-state index in [4.69, 9.17) is 16.3 Å². The molecule has 2 aromatic heterocycles. The van der Waals surface area contributed by atoms with Crippen LogP contribution in [0.25, 0.3) is 0 Å². The Kier molecular flexibility index (Phi) is 6.12. The van der Waals surface area contributed by atoms with Gasteiger partial charge in [0, 0.05) is 13.2 Å². The standard InChI is InChI=1S/C24H30ClN7O/c1-14-10-20(22(33-17-4-5-17)11-18(14)16-6-8-26-9-7-16)29-24-27-12-19(25)23(30-24)28-21-13-32(3)31-15(21)2/h10-13,16-17,26H,4-9H2,1-3H3,(H2,27,28,29,30). The average molecular weight is 468 g/mol. The number of anilines is 4. The molecule has 2 fully saturated rings. The van der Waals surface area contributed by atoms with Gasteiger partial charge in [-0.25, -0.2) is 4.98 Å². The fourth-order valence-corrected chi connectivity index (χ4v) is 4.46. The van der Waals surface area contributed by atoms with Gasteiger partial charge in [0.1, 0.15) is 10.8 Å². The van der Waals surface area contributed by atoms with Crippen LogP contribution in [-0.4, -0.2) is 38.9 Å². The molecule has 1 aromatic carbocycles. The van der Waals surface area contributed by atoms with Gasteiger partial charge in [-0.1, -0.05) is 11.6 Å². The molecule has 0 bridgehead atoms. The van der Waals surface area contributed by atoms with Crippen molar-refractivity contribution in [2.45, 2.75) is 51.6 Å². The zero-order valence-electron chi connectivity index (χ0n) is 19.3. The van der Waals surface area contributed by atoms with Crippen molar-refractivity contribution in [2.75, 3.05) is 23.7 Å². The van der Waals surface area contributed by atoms with Gasteiger partial charge in [-0.15, -0.1) is 0 Å². The van der Waals surface area contributed by atoms with E-state index in [1.165, 1.54) is 11.1 Å². The molecule has 1 aliphatic heterocycles. The van der Waals surface area contributed by atoms with Crippen molar-refractivity contribution < 1.29 is 4.74 Å². The first-order valence-electron chi connectivity index (χ1n) is 11.5. The molecule has 1 saturated heterocycles. The third-order valence-electron chi connectivity index (χ3n) is 6.22. The van der Waals surface area contributed by atoms with E-state index in [-0.39, 0.29) is 0 Å². The van der Waals surface area contributed by atoms with Crippen molar-refractivity contribution in [3.05, 3.63) is 46.4 Å². The lowest BCUT2D eigenvalue weighted by atomic mass is 9.87. The highest BCUT2D eigenvalue weighted by Gasteiger charge is 2.26. The number of nitrogens with one attached hydrogen (secondary N) is 3. The van der Waals surface area contributed by atoms with E-state index in [1.807, 2.05) is 20.2 Å². The Balaban J connectivity index is 1.43. The summed E-state index contributed by atoms with van der Waals surface area (Å²) in [7, 11) is 1.88. The number of benzene rings is 1. The zero-order valence-corrected chi connectivity index (χ0v) is 20.0. The highest BCUT2D eigenvalue weighted by atomic mass is 35.5. The predicted octanol–water partition coefficient (Wildman–Crippen LogP) is 4.98. The van der Waals surface area contributed by atoms with Gasteiger partial charge in [-0.2, -0.15) is 10.1 Å². The van der Waals surface area contributed by atoms with E-state index < -0.39 is 0 Å². The molecule has 1 aliphatic carbocycles. The summed E-state index contributed by atoms with van der Waals surface area (Å²) in [5.74, 6) is 2.41. The Morgan fingerprint density at radius 1 is 1.09 bits per heavy atom. The summed E-state index contributed by atoms with van der Waals surface area (Å²) < 4.78 is 8.05. The van der Waals surface area contributed by atoms with Gasteiger partial charge < -0.3 is 20.7 Å². The molecule has 3 aromatic rings. The van der Waals surface area contributed by atoms with Gasteiger partial charge in [0.05, 0.1) is 29.4 Å². The second-order valence-electron chi connectivity index (χ2n) is 8.99. The van der Waals surface area contributed by atoms with Crippen molar-refractivity contribution in [1.82, 2.24) is 25.1 Å². The zero-order chi connectivity index (χ0) is 22.9. The highest BCUT2D eigenvalue weighted by Crippen LogP contribution is 2.39. The number of aromatic nitrogens is 4. The van der Waals surface area contributed by atoms with Crippen LogP contribution in [0.15, 0.2) is 24.5 Å². The van der Waals surface area contributed by atoms with Crippen molar-refractivity contribution in [3.63, 3.8) is 0 Å². The van der Waals surface area contributed by atoms with E-state index in [9.17, 15) is 0 Å². The number of hydrogen-bond donors (Lipinski definition) is 3. The fraction of sp³-hybridized carbons (Fsp3) is 0.458. The molecule has 0 unspecified atom stereocenters. The molecule has 0 amide bonds. The Morgan fingerprint density at radius 2 is 1.88 bits per heavy atom. The Hall–Kier alpha value is -2.84. The number of halogens is 1. The number of piperidine rings is 1. The maximum atomic E-state index is 6.38. The van der Waals surface area contributed by atoms with Gasteiger partial charge in [-0.3, -0.25) is 4.68 Å². The minimum Gasteiger partial charge on any atom is -0.488 e. The summed E-state index contributed by atoms with van der Waals surface area (Å²) in [5.41, 5.74) is 5.23. The Labute approximate surface area is 199 Å². The maximum Gasteiger partial charge on any atom is 0.229 e. The summed E-state index contributed by atoms with van der Waals surface area (Å²) in [6, 6.07) is 4.38. The first-order chi connectivity index (χ1) is 16.0. The summed E-state index contributed by atoms with van der Waals surface area (Å²) in [5, 5.41) is 14.9. The lowest BCUT2D eigenvalue weighted by molar-refractivity contribution is 0.304. The lowest BCUT2D eigenvalue weighted by Crippen LogP contribution is -2.27. The molecule has 0 atom stereocenters. The van der Waals surface area contributed by atoms with Crippen LogP contribution < -0.4 is 20.7 Å². The van der Waals surface area contributed by atoms with E-state index >= 15 is 0 Å². The monoisotopic (exact) mass is 467 g/mol.